The summed E-state index contributed by atoms with van der Waals surface area (Å²) in [6.45, 7) is 2.90. The van der Waals surface area contributed by atoms with Gasteiger partial charge in [-0.2, -0.15) is 0 Å². The Labute approximate surface area is 153 Å². The van der Waals surface area contributed by atoms with Crippen molar-refractivity contribution in [2.45, 2.75) is 19.4 Å². The van der Waals surface area contributed by atoms with Crippen molar-refractivity contribution in [1.82, 2.24) is 5.32 Å². The lowest BCUT2D eigenvalue weighted by Gasteiger charge is -2.14. The van der Waals surface area contributed by atoms with E-state index in [9.17, 15) is 9.18 Å². The average Bonchev–Trinajstić information content (AvgIpc) is 2.67. The van der Waals surface area contributed by atoms with E-state index in [4.69, 9.17) is 0 Å². The summed E-state index contributed by atoms with van der Waals surface area (Å²) in [7, 11) is 0. The second-order valence-corrected chi connectivity index (χ2v) is 6.49. The smallest absolute Gasteiger partial charge is 0.275 e. The van der Waals surface area contributed by atoms with E-state index in [-0.39, 0.29) is 17.8 Å². The molecular weight excluding hydrogens is 327 g/mol. The molecule has 0 aliphatic rings. The molecule has 0 saturated carbocycles. The number of carbonyl (C=O) groups is 1. The lowest BCUT2D eigenvalue weighted by molar-refractivity contribution is -0.682. The van der Waals surface area contributed by atoms with Crippen LogP contribution in [0.3, 0.4) is 0 Å². The van der Waals surface area contributed by atoms with Crippen LogP contribution in [-0.4, -0.2) is 19.0 Å². The lowest BCUT2D eigenvalue weighted by Crippen LogP contribution is -2.87. The van der Waals surface area contributed by atoms with Crippen molar-refractivity contribution >= 4 is 16.7 Å². The van der Waals surface area contributed by atoms with Gasteiger partial charge in [0.2, 0.25) is 0 Å². The maximum Gasteiger partial charge on any atom is 0.275 e. The van der Waals surface area contributed by atoms with E-state index in [2.05, 4.69) is 42.6 Å². The molecule has 26 heavy (non-hydrogen) atoms. The van der Waals surface area contributed by atoms with Crippen LogP contribution in [0.15, 0.2) is 66.7 Å². The second kappa shape index (κ2) is 8.59. The molecule has 3 aromatic carbocycles. The van der Waals surface area contributed by atoms with Crippen molar-refractivity contribution in [3.05, 3.63) is 83.7 Å². The Balaban J connectivity index is 1.50. The molecule has 0 aliphatic heterocycles. The number of quaternary nitrogens is 1. The van der Waals surface area contributed by atoms with Crippen LogP contribution in [0.25, 0.3) is 10.8 Å². The Bertz CT molecular complexity index is 889. The molecule has 0 radical (unpaired) electrons. The zero-order valence-electron chi connectivity index (χ0n) is 14.9. The zero-order valence-corrected chi connectivity index (χ0v) is 14.9. The van der Waals surface area contributed by atoms with Crippen LogP contribution in [0.4, 0.5) is 4.39 Å². The predicted octanol–water partition coefficient (Wildman–Crippen LogP) is 2.96. The van der Waals surface area contributed by atoms with Gasteiger partial charge in [0.25, 0.3) is 5.91 Å². The Kier molecular flexibility index (Phi) is 5.97. The number of nitrogens with two attached hydrogens (primary N) is 1. The van der Waals surface area contributed by atoms with E-state index in [1.165, 1.54) is 22.4 Å². The molecule has 0 fully saturated rings. The van der Waals surface area contributed by atoms with Gasteiger partial charge in [-0.15, -0.1) is 0 Å². The van der Waals surface area contributed by atoms with Crippen LogP contribution >= 0.6 is 0 Å². The summed E-state index contributed by atoms with van der Waals surface area (Å²) >= 11 is 0. The summed E-state index contributed by atoms with van der Waals surface area (Å²) in [6, 6.07) is 21.4. The molecule has 4 heteroatoms. The maximum atomic E-state index is 13.6. The molecule has 0 spiro atoms. The molecule has 0 aromatic heterocycles. The minimum atomic E-state index is -0.224. The summed E-state index contributed by atoms with van der Waals surface area (Å²) in [6.07, 6.45) is 0.497. The number of nitrogens with one attached hydrogen (secondary N) is 1. The number of hydrogen-bond acceptors (Lipinski definition) is 1. The fourth-order valence-corrected chi connectivity index (χ4v) is 3.17. The predicted molar refractivity (Wildman–Crippen MR) is 102 cm³/mol. The first-order chi connectivity index (χ1) is 12.6. The SMILES string of the molecule is C[C@@H]([NH2+]CC(=O)NCCc1ccccc1F)c1cccc2ccccc12. The van der Waals surface area contributed by atoms with Gasteiger partial charge in [0.05, 0.1) is 0 Å². The highest BCUT2D eigenvalue weighted by molar-refractivity contribution is 5.85. The van der Waals surface area contributed by atoms with Crippen LogP contribution in [-0.2, 0) is 11.2 Å². The van der Waals surface area contributed by atoms with Gasteiger partial charge in [-0.1, -0.05) is 60.7 Å². The molecule has 1 amide bonds. The van der Waals surface area contributed by atoms with Crippen LogP contribution in [0, 0.1) is 5.82 Å². The largest absolute Gasteiger partial charge is 0.351 e. The molecular formula is C22H24FN2O+. The Hall–Kier alpha value is -2.72. The standard InChI is InChI=1S/C22H23FN2O/c1-16(19-11-6-9-17-7-2-4-10-20(17)19)25-15-22(26)24-14-13-18-8-3-5-12-21(18)23/h2-12,16,25H,13-15H2,1H3,(H,24,26)/p+1/t16-/m1/s1. The zero-order chi connectivity index (χ0) is 18.4. The van der Waals surface area contributed by atoms with E-state index in [0.29, 0.717) is 25.1 Å². The van der Waals surface area contributed by atoms with Crippen molar-refractivity contribution in [3.8, 4) is 0 Å². The van der Waals surface area contributed by atoms with Gasteiger partial charge in [-0.25, -0.2) is 4.39 Å². The number of halogens is 1. The minimum Gasteiger partial charge on any atom is -0.351 e. The van der Waals surface area contributed by atoms with Crippen LogP contribution in [0.5, 0.6) is 0 Å². The highest BCUT2D eigenvalue weighted by Gasteiger charge is 2.14. The summed E-state index contributed by atoms with van der Waals surface area (Å²) in [5.41, 5.74) is 1.85. The molecule has 0 saturated heterocycles. The molecule has 0 unspecified atom stereocenters. The second-order valence-electron chi connectivity index (χ2n) is 6.49. The molecule has 3 aromatic rings. The van der Waals surface area contributed by atoms with Crippen LogP contribution in [0.2, 0.25) is 0 Å². The number of rotatable bonds is 7. The molecule has 0 bridgehead atoms. The van der Waals surface area contributed by atoms with Crippen molar-refractivity contribution in [3.63, 3.8) is 0 Å². The summed E-state index contributed by atoms with van der Waals surface area (Å²) in [4.78, 5) is 12.1. The number of fused-ring (bicyclic) bond motifs is 1. The van der Waals surface area contributed by atoms with E-state index in [1.807, 2.05) is 17.4 Å². The maximum absolute atomic E-state index is 13.6. The molecule has 3 nitrogen and oxygen atoms in total. The first-order valence-corrected chi connectivity index (χ1v) is 8.96. The normalized spacial score (nSPS) is 12.1. The Morgan fingerprint density at radius 3 is 2.62 bits per heavy atom. The first-order valence-electron chi connectivity index (χ1n) is 8.96. The van der Waals surface area contributed by atoms with Gasteiger partial charge in [-0.3, -0.25) is 4.79 Å². The average molecular weight is 351 g/mol. The van der Waals surface area contributed by atoms with Gasteiger partial charge in [0.1, 0.15) is 11.9 Å². The Morgan fingerprint density at radius 1 is 1.04 bits per heavy atom. The highest BCUT2D eigenvalue weighted by Crippen LogP contribution is 2.21. The molecule has 3 rings (SSSR count). The lowest BCUT2D eigenvalue weighted by atomic mass is 10.00. The minimum absolute atomic E-state index is 0.0339. The van der Waals surface area contributed by atoms with E-state index in [0.717, 1.165) is 0 Å². The van der Waals surface area contributed by atoms with Crippen LogP contribution in [0.1, 0.15) is 24.1 Å². The van der Waals surface area contributed by atoms with Crippen LogP contribution < -0.4 is 10.6 Å². The van der Waals surface area contributed by atoms with Crippen molar-refractivity contribution in [2.24, 2.45) is 0 Å². The summed E-state index contributed by atoms with van der Waals surface area (Å²) in [5, 5.41) is 7.32. The topological polar surface area (TPSA) is 45.7 Å². The number of carbonyl (C=O) groups excluding carboxylic acids is 1. The third-order valence-corrected chi connectivity index (χ3v) is 4.65. The first kappa shape index (κ1) is 18.1. The van der Waals surface area contributed by atoms with E-state index < -0.39 is 0 Å². The summed E-state index contributed by atoms with van der Waals surface area (Å²) in [5.74, 6) is -0.258. The van der Waals surface area contributed by atoms with Gasteiger partial charge in [0.15, 0.2) is 6.54 Å². The van der Waals surface area contributed by atoms with Gasteiger partial charge < -0.3 is 10.6 Å². The fourth-order valence-electron chi connectivity index (χ4n) is 3.17. The van der Waals surface area contributed by atoms with Crippen molar-refractivity contribution < 1.29 is 14.5 Å². The fraction of sp³-hybridized carbons (Fsp3) is 0.227. The Morgan fingerprint density at radius 2 is 1.77 bits per heavy atom. The number of amides is 1. The quantitative estimate of drug-likeness (QED) is 0.675. The summed E-state index contributed by atoms with van der Waals surface area (Å²) < 4.78 is 13.6. The molecule has 3 N–H and O–H groups in total. The third kappa shape index (κ3) is 4.46. The number of hydrogen-bond donors (Lipinski definition) is 2. The van der Waals surface area contributed by atoms with E-state index in [1.54, 1.807) is 18.2 Å². The molecule has 134 valence electrons. The molecule has 0 heterocycles. The van der Waals surface area contributed by atoms with E-state index >= 15 is 0 Å². The third-order valence-electron chi connectivity index (χ3n) is 4.65. The monoisotopic (exact) mass is 351 g/mol. The molecule has 1 atom stereocenters. The van der Waals surface area contributed by atoms with Gasteiger partial charge >= 0.3 is 0 Å². The number of benzene rings is 3. The van der Waals surface area contributed by atoms with Crippen molar-refractivity contribution in [2.75, 3.05) is 13.1 Å². The van der Waals surface area contributed by atoms with Gasteiger partial charge in [-0.05, 0) is 35.7 Å². The van der Waals surface area contributed by atoms with Gasteiger partial charge in [0, 0.05) is 12.1 Å². The van der Waals surface area contributed by atoms with Crippen molar-refractivity contribution in [1.29, 1.82) is 0 Å². The highest BCUT2D eigenvalue weighted by atomic mass is 19.1. The molecule has 0 aliphatic carbocycles.